The first-order chi connectivity index (χ1) is 13.8. The van der Waals surface area contributed by atoms with Gasteiger partial charge >= 0.3 is 0 Å². The van der Waals surface area contributed by atoms with E-state index in [0.29, 0.717) is 26.4 Å². The maximum atomic E-state index is 6.07. The Balaban J connectivity index is 1.53. The lowest BCUT2D eigenvalue weighted by molar-refractivity contribution is -0.161. The Morgan fingerprint density at radius 2 is 0.964 bits per heavy atom. The first-order valence-corrected chi connectivity index (χ1v) is 10.3. The van der Waals surface area contributed by atoms with E-state index in [-0.39, 0.29) is 4.83 Å². The minimum atomic E-state index is -0.420. The Bertz CT molecular complexity index is 737. The van der Waals surface area contributed by atoms with Crippen LogP contribution in [0.1, 0.15) is 16.7 Å². The molecule has 0 saturated heterocycles. The molecule has 0 aliphatic heterocycles. The summed E-state index contributed by atoms with van der Waals surface area (Å²) in [5, 5.41) is 0. The van der Waals surface area contributed by atoms with E-state index < -0.39 is 6.29 Å². The van der Waals surface area contributed by atoms with Gasteiger partial charge in [0.2, 0.25) is 0 Å². The molecule has 0 aliphatic rings. The van der Waals surface area contributed by atoms with Gasteiger partial charge in [0.15, 0.2) is 6.29 Å². The molecule has 0 aromatic heterocycles. The number of ether oxygens (including phenoxy) is 3. The Labute approximate surface area is 175 Å². The lowest BCUT2D eigenvalue weighted by atomic mass is 10.2. The summed E-state index contributed by atoms with van der Waals surface area (Å²) in [6.07, 6.45) is -0.420. The minimum Gasteiger partial charge on any atom is -0.375 e. The SMILES string of the molecule is BrC(COCc1ccccc1)C(OCc1ccccc1)OCc1ccccc1. The molecule has 0 radical (unpaired) electrons. The third-order valence-corrected chi connectivity index (χ3v) is 4.89. The average molecular weight is 441 g/mol. The fraction of sp³-hybridized carbons (Fsp3) is 0.250. The second-order valence-electron chi connectivity index (χ2n) is 6.48. The van der Waals surface area contributed by atoms with Crippen LogP contribution in [0.15, 0.2) is 91.0 Å². The van der Waals surface area contributed by atoms with Gasteiger partial charge in [0, 0.05) is 0 Å². The lowest BCUT2D eigenvalue weighted by Crippen LogP contribution is -2.31. The van der Waals surface area contributed by atoms with Crippen LogP contribution in [0.2, 0.25) is 0 Å². The van der Waals surface area contributed by atoms with E-state index in [2.05, 4.69) is 28.1 Å². The van der Waals surface area contributed by atoms with Gasteiger partial charge in [-0.2, -0.15) is 0 Å². The number of alkyl halides is 1. The van der Waals surface area contributed by atoms with Gasteiger partial charge in [-0.3, -0.25) is 0 Å². The highest BCUT2D eigenvalue weighted by molar-refractivity contribution is 9.09. The van der Waals surface area contributed by atoms with Gasteiger partial charge in [-0.25, -0.2) is 0 Å². The maximum Gasteiger partial charge on any atom is 0.173 e. The summed E-state index contributed by atoms with van der Waals surface area (Å²) in [6.45, 7) is 2.03. The van der Waals surface area contributed by atoms with Crippen LogP contribution in [0, 0.1) is 0 Å². The van der Waals surface area contributed by atoms with Crippen molar-refractivity contribution in [1.29, 1.82) is 0 Å². The Morgan fingerprint density at radius 3 is 1.39 bits per heavy atom. The molecule has 0 spiro atoms. The van der Waals surface area contributed by atoms with Crippen LogP contribution in [0.5, 0.6) is 0 Å². The summed E-state index contributed by atoms with van der Waals surface area (Å²) in [4.78, 5) is -0.0800. The van der Waals surface area contributed by atoms with Gasteiger partial charge < -0.3 is 14.2 Å². The number of hydrogen-bond donors (Lipinski definition) is 0. The molecule has 0 N–H and O–H groups in total. The highest BCUT2D eigenvalue weighted by atomic mass is 79.9. The van der Waals surface area contributed by atoms with Crippen molar-refractivity contribution < 1.29 is 14.2 Å². The molecule has 146 valence electrons. The molecule has 28 heavy (non-hydrogen) atoms. The second-order valence-corrected chi connectivity index (χ2v) is 7.65. The summed E-state index contributed by atoms with van der Waals surface area (Å²) in [5.74, 6) is 0. The highest BCUT2D eigenvalue weighted by Gasteiger charge is 2.21. The van der Waals surface area contributed by atoms with Crippen LogP contribution >= 0.6 is 15.9 Å². The minimum absolute atomic E-state index is 0.0800. The Hall–Kier alpha value is -1.98. The van der Waals surface area contributed by atoms with Gasteiger partial charge in [0.25, 0.3) is 0 Å². The lowest BCUT2D eigenvalue weighted by Gasteiger charge is -2.24. The van der Waals surface area contributed by atoms with Crippen molar-refractivity contribution in [3.63, 3.8) is 0 Å². The van der Waals surface area contributed by atoms with Crippen LogP contribution in [0.4, 0.5) is 0 Å². The zero-order valence-corrected chi connectivity index (χ0v) is 17.3. The molecular formula is C24H25BrO3. The monoisotopic (exact) mass is 440 g/mol. The van der Waals surface area contributed by atoms with Gasteiger partial charge in [0.1, 0.15) is 0 Å². The van der Waals surface area contributed by atoms with Gasteiger partial charge in [-0.05, 0) is 16.7 Å². The zero-order chi connectivity index (χ0) is 19.4. The van der Waals surface area contributed by atoms with Crippen LogP contribution in [-0.2, 0) is 34.0 Å². The number of benzene rings is 3. The topological polar surface area (TPSA) is 27.7 Å². The first kappa shape index (κ1) is 20.7. The van der Waals surface area contributed by atoms with Crippen molar-refractivity contribution in [3.05, 3.63) is 108 Å². The predicted octanol–water partition coefficient (Wildman–Crippen LogP) is 5.73. The standard InChI is InChI=1S/C24H25BrO3/c25-23(19-26-16-20-10-4-1-5-11-20)24(27-17-21-12-6-2-7-13-21)28-18-22-14-8-3-9-15-22/h1-15,23-24H,16-19H2. The quantitative estimate of drug-likeness (QED) is 0.281. The Morgan fingerprint density at radius 1 is 0.571 bits per heavy atom. The summed E-state index contributed by atoms with van der Waals surface area (Å²) < 4.78 is 18.0. The average Bonchev–Trinajstić information content (AvgIpc) is 2.76. The molecule has 1 unspecified atom stereocenters. The Kier molecular flexibility index (Phi) is 8.72. The van der Waals surface area contributed by atoms with Crippen molar-refractivity contribution >= 4 is 15.9 Å². The van der Waals surface area contributed by atoms with Crippen molar-refractivity contribution in [2.75, 3.05) is 6.61 Å². The van der Waals surface area contributed by atoms with E-state index in [1.165, 1.54) is 0 Å². The first-order valence-electron chi connectivity index (χ1n) is 9.38. The van der Waals surface area contributed by atoms with Gasteiger partial charge in [-0.1, -0.05) is 107 Å². The summed E-state index contributed by atoms with van der Waals surface area (Å²) in [7, 11) is 0. The van der Waals surface area contributed by atoms with Crippen molar-refractivity contribution in [2.24, 2.45) is 0 Å². The second kappa shape index (κ2) is 11.8. The summed E-state index contributed by atoms with van der Waals surface area (Å²) in [5.41, 5.74) is 3.37. The van der Waals surface area contributed by atoms with Crippen LogP contribution in [0.3, 0.4) is 0 Å². The van der Waals surface area contributed by atoms with Gasteiger partial charge in [0.05, 0.1) is 31.3 Å². The molecule has 0 saturated carbocycles. The summed E-state index contributed by atoms with van der Waals surface area (Å²) >= 11 is 3.69. The van der Waals surface area contributed by atoms with E-state index >= 15 is 0 Å². The molecule has 0 bridgehead atoms. The number of halogens is 1. The number of hydrogen-bond acceptors (Lipinski definition) is 3. The van der Waals surface area contributed by atoms with Crippen molar-refractivity contribution in [2.45, 2.75) is 30.9 Å². The van der Waals surface area contributed by atoms with E-state index in [0.717, 1.165) is 16.7 Å². The fourth-order valence-electron chi connectivity index (χ4n) is 2.70. The zero-order valence-electron chi connectivity index (χ0n) is 15.7. The molecule has 1 atom stereocenters. The smallest absolute Gasteiger partial charge is 0.173 e. The molecule has 0 aliphatic carbocycles. The third kappa shape index (κ3) is 7.21. The molecule has 3 aromatic carbocycles. The van der Waals surface area contributed by atoms with Gasteiger partial charge in [-0.15, -0.1) is 0 Å². The van der Waals surface area contributed by atoms with Crippen molar-refractivity contribution in [1.82, 2.24) is 0 Å². The van der Waals surface area contributed by atoms with E-state index in [1.54, 1.807) is 0 Å². The van der Waals surface area contributed by atoms with E-state index in [1.807, 2.05) is 78.9 Å². The molecule has 4 heteroatoms. The largest absolute Gasteiger partial charge is 0.375 e. The molecule has 0 heterocycles. The predicted molar refractivity (Wildman–Crippen MR) is 115 cm³/mol. The highest BCUT2D eigenvalue weighted by Crippen LogP contribution is 2.17. The molecule has 3 aromatic rings. The fourth-order valence-corrected chi connectivity index (χ4v) is 3.20. The maximum absolute atomic E-state index is 6.07. The van der Waals surface area contributed by atoms with Crippen molar-refractivity contribution in [3.8, 4) is 0 Å². The molecular weight excluding hydrogens is 416 g/mol. The normalized spacial score (nSPS) is 12.2. The van der Waals surface area contributed by atoms with Crippen LogP contribution < -0.4 is 0 Å². The molecule has 3 nitrogen and oxygen atoms in total. The van der Waals surface area contributed by atoms with E-state index in [9.17, 15) is 0 Å². The van der Waals surface area contributed by atoms with Crippen LogP contribution in [-0.4, -0.2) is 17.7 Å². The third-order valence-electron chi connectivity index (χ3n) is 4.20. The molecule has 3 rings (SSSR count). The molecule has 0 amide bonds. The number of rotatable bonds is 11. The van der Waals surface area contributed by atoms with Crippen LogP contribution in [0.25, 0.3) is 0 Å². The molecule has 0 fully saturated rings. The van der Waals surface area contributed by atoms with E-state index in [4.69, 9.17) is 14.2 Å². The summed E-state index contributed by atoms with van der Waals surface area (Å²) in [6, 6.07) is 30.3.